The molecule has 0 saturated carbocycles. The van der Waals surface area contributed by atoms with Crippen molar-refractivity contribution >= 4 is 15.8 Å². The van der Waals surface area contributed by atoms with Gasteiger partial charge < -0.3 is 5.11 Å². The smallest absolute Gasteiger partial charge is 0.335 e. The summed E-state index contributed by atoms with van der Waals surface area (Å²) in [4.78, 5) is 10.6. The van der Waals surface area contributed by atoms with Crippen LogP contribution in [0.3, 0.4) is 0 Å². The molecule has 0 spiro atoms. The second-order valence-corrected chi connectivity index (χ2v) is 6.68. The first-order valence-electron chi connectivity index (χ1n) is 5.95. The Kier molecular flexibility index (Phi) is 4.68. The average molecular weight is 288 g/mol. The van der Waals surface area contributed by atoms with E-state index < -0.39 is 21.6 Å². The van der Waals surface area contributed by atoms with Crippen LogP contribution < -0.4 is 0 Å². The lowest BCUT2D eigenvalue weighted by Gasteiger charge is -2.13. The molecule has 0 aliphatic heterocycles. The number of aromatic carboxylic acids is 1. The van der Waals surface area contributed by atoms with Crippen molar-refractivity contribution in [1.29, 1.82) is 0 Å². The average Bonchev–Trinajstić information content (AvgIpc) is 2.31. The van der Waals surface area contributed by atoms with Crippen LogP contribution >= 0.6 is 0 Å². The normalized spacial score (nSPS) is 13.3. The van der Waals surface area contributed by atoms with Crippen LogP contribution in [-0.4, -0.2) is 25.2 Å². The quantitative estimate of drug-likeness (QED) is 0.904. The van der Waals surface area contributed by atoms with Gasteiger partial charge in [-0.2, -0.15) is 0 Å². The number of sulfone groups is 1. The molecule has 0 heterocycles. The van der Waals surface area contributed by atoms with Gasteiger partial charge in [-0.25, -0.2) is 17.6 Å². The fourth-order valence-electron chi connectivity index (χ4n) is 1.68. The number of halogens is 1. The van der Waals surface area contributed by atoms with E-state index in [2.05, 4.69) is 0 Å². The Morgan fingerprint density at radius 1 is 1.42 bits per heavy atom. The number of hydrogen-bond donors (Lipinski definition) is 1. The predicted molar refractivity (Wildman–Crippen MR) is 69.6 cm³/mol. The van der Waals surface area contributed by atoms with E-state index in [1.165, 1.54) is 6.92 Å². The van der Waals surface area contributed by atoms with E-state index in [0.29, 0.717) is 6.42 Å². The summed E-state index contributed by atoms with van der Waals surface area (Å²) in [5.41, 5.74) is -0.390. The fourth-order valence-corrected chi connectivity index (χ4v) is 3.72. The van der Waals surface area contributed by atoms with E-state index in [4.69, 9.17) is 5.11 Å². The largest absolute Gasteiger partial charge is 0.478 e. The number of benzene rings is 1. The summed E-state index contributed by atoms with van der Waals surface area (Å²) in [6, 6.07) is 1.86. The summed E-state index contributed by atoms with van der Waals surface area (Å²) < 4.78 is 38.0. The second-order valence-electron chi connectivity index (χ2n) is 4.68. The standard InChI is InChI=1S/C13H17FO4S/c1-4-8(2)7-19(17,18)12-6-10(13(15)16)5-11(14)9(12)3/h5-6,8H,4,7H2,1-3H3,(H,15,16). The monoisotopic (exact) mass is 288 g/mol. The highest BCUT2D eigenvalue weighted by atomic mass is 32.2. The maximum Gasteiger partial charge on any atom is 0.335 e. The molecule has 0 aliphatic carbocycles. The number of carboxylic acids is 1. The Hall–Kier alpha value is -1.43. The molecule has 1 N–H and O–H groups in total. The van der Waals surface area contributed by atoms with Gasteiger partial charge in [-0.3, -0.25) is 0 Å². The molecule has 0 fully saturated rings. The number of hydrogen-bond acceptors (Lipinski definition) is 3. The molecule has 6 heteroatoms. The summed E-state index contributed by atoms with van der Waals surface area (Å²) in [5, 5.41) is 8.86. The molecule has 0 bridgehead atoms. The van der Waals surface area contributed by atoms with Crippen molar-refractivity contribution in [2.45, 2.75) is 32.1 Å². The zero-order valence-electron chi connectivity index (χ0n) is 11.1. The van der Waals surface area contributed by atoms with Crippen molar-refractivity contribution in [3.63, 3.8) is 0 Å². The van der Waals surface area contributed by atoms with E-state index in [9.17, 15) is 17.6 Å². The highest BCUT2D eigenvalue weighted by Crippen LogP contribution is 2.23. The lowest BCUT2D eigenvalue weighted by Crippen LogP contribution is -2.16. The van der Waals surface area contributed by atoms with Crippen LogP contribution in [0.2, 0.25) is 0 Å². The fraction of sp³-hybridized carbons (Fsp3) is 0.462. The van der Waals surface area contributed by atoms with Gasteiger partial charge in [0.1, 0.15) is 5.82 Å². The molecule has 1 atom stereocenters. The van der Waals surface area contributed by atoms with Crippen molar-refractivity contribution in [2.75, 3.05) is 5.75 Å². The molecule has 1 aromatic carbocycles. The lowest BCUT2D eigenvalue weighted by atomic mass is 10.1. The van der Waals surface area contributed by atoms with Gasteiger partial charge in [0.05, 0.1) is 16.2 Å². The van der Waals surface area contributed by atoms with Gasteiger partial charge in [0, 0.05) is 5.56 Å². The lowest BCUT2D eigenvalue weighted by molar-refractivity contribution is 0.0696. The molecule has 106 valence electrons. The van der Waals surface area contributed by atoms with Crippen LogP contribution in [0.4, 0.5) is 4.39 Å². The van der Waals surface area contributed by atoms with Crippen molar-refractivity contribution in [2.24, 2.45) is 5.92 Å². The summed E-state index contributed by atoms with van der Waals surface area (Å²) in [5.74, 6) is -2.35. The topological polar surface area (TPSA) is 71.4 Å². The summed E-state index contributed by atoms with van der Waals surface area (Å²) in [6.07, 6.45) is 0.680. The third-order valence-electron chi connectivity index (χ3n) is 3.08. The van der Waals surface area contributed by atoms with Crippen molar-refractivity contribution in [3.8, 4) is 0 Å². The molecule has 0 aliphatic rings. The Bertz CT molecular complexity index is 593. The van der Waals surface area contributed by atoms with Gasteiger partial charge in [-0.1, -0.05) is 20.3 Å². The van der Waals surface area contributed by atoms with E-state index in [-0.39, 0.29) is 27.7 Å². The second kappa shape index (κ2) is 5.69. The van der Waals surface area contributed by atoms with Gasteiger partial charge in [0.15, 0.2) is 9.84 Å². The van der Waals surface area contributed by atoms with Crippen LogP contribution in [0.1, 0.15) is 36.2 Å². The molecule has 0 aromatic heterocycles. The third-order valence-corrected chi connectivity index (χ3v) is 5.18. The summed E-state index contributed by atoms with van der Waals surface area (Å²) in [7, 11) is -3.68. The highest BCUT2D eigenvalue weighted by Gasteiger charge is 2.23. The van der Waals surface area contributed by atoms with Crippen molar-refractivity contribution < 1.29 is 22.7 Å². The summed E-state index contributed by atoms with van der Waals surface area (Å²) in [6.45, 7) is 4.98. The van der Waals surface area contributed by atoms with Crippen LogP contribution in [-0.2, 0) is 9.84 Å². The SMILES string of the molecule is CCC(C)CS(=O)(=O)c1cc(C(=O)O)cc(F)c1C. The molecule has 4 nitrogen and oxygen atoms in total. The molecule has 0 radical (unpaired) electrons. The molecule has 0 amide bonds. The molecule has 0 saturated heterocycles. The van der Waals surface area contributed by atoms with Crippen LogP contribution in [0.25, 0.3) is 0 Å². The van der Waals surface area contributed by atoms with E-state index >= 15 is 0 Å². The van der Waals surface area contributed by atoms with Gasteiger partial charge in [-0.05, 0) is 25.0 Å². The Morgan fingerprint density at radius 2 is 2.00 bits per heavy atom. The molecule has 19 heavy (non-hydrogen) atoms. The Labute approximate surface area is 112 Å². The first kappa shape index (κ1) is 15.6. The van der Waals surface area contributed by atoms with E-state index in [1.54, 1.807) is 6.92 Å². The third kappa shape index (κ3) is 3.53. The van der Waals surface area contributed by atoms with E-state index in [1.807, 2.05) is 6.92 Å². The molecule has 1 unspecified atom stereocenters. The minimum absolute atomic E-state index is 0.0340. The molecule has 1 rings (SSSR count). The highest BCUT2D eigenvalue weighted by molar-refractivity contribution is 7.91. The first-order chi connectivity index (χ1) is 8.69. The predicted octanol–water partition coefficient (Wildman–Crippen LogP) is 2.65. The molecular formula is C13H17FO4S. The summed E-state index contributed by atoms with van der Waals surface area (Å²) >= 11 is 0. The Morgan fingerprint density at radius 3 is 2.47 bits per heavy atom. The zero-order valence-corrected chi connectivity index (χ0v) is 11.9. The maximum absolute atomic E-state index is 13.6. The maximum atomic E-state index is 13.6. The first-order valence-corrected chi connectivity index (χ1v) is 7.60. The van der Waals surface area contributed by atoms with Crippen molar-refractivity contribution in [1.82, 2.24) is 0 Å². The minimum Gasteiger partial charge on any atom is -0.478 e. The number of carboxylic acid groups (broad SMARTS) is 1. The number of carbonyl (C=O) groups is 1. The molecular weight excluding hydrogens is 271 g/mol. The zero-order chi connectivity index (χ0) is 14.8. The van der Waals surface area contributed by atoms with E-state index in [0.717, 1.165) is 12.1 Å². The van der Waals surface area contributed by atoms with Crippen LogP contribution in [0, 0.1) is 18.7 Å². The van der Waals surface area contributed by atoms with Crippen LogP contribution in [0.5, 0.6) is 0 Å². The minimum atomic E-state index is -3.68. The van der Waals surface area contributed by atoms with Crippen molar-refractivity contribution in [3.05, 3.63) is 29.1 Å². The van der Waals surface area contributed by atoms with Gasteiger partial charge >= 0.3 is 5.97 Å². The number of rotatable bonds is 5. The van der Waals surface area contributed by atoms with Crippen LogP contribution in [0.15, 0.2) is 17.0 Å². The van der Waals surface area contributed by atoms with Gasteiger partial charge in [0.25, 0.3) is 0 Å². The molecule has 1 aromatic rings. The Balaban J connectivity index is 3.37. The van der Waals surface area contributed by atoms with Gasteiger partial charge in [0.2, 0.25) is 0 Å². The van der Waals surface area contributed by atoms with Gasteiger partial charge in [-0.15, -0.1) is 0 Å².